The molecule has 0 aliphatic carbocycles. The van der Waals surface area contributed by atoms with Gasteiger partial charge in [-0.15, -0.1) is 0 Å². The monoisotopic (exact) mass is 340 g/mol. The number of alkyl halides is 3. The van der Waals surface area contributed by atoms with Crippen molar-refractivity contribution in [3.8, 4) is 11.4 Å². The quantitative estimate of drug-likeness (QED) is 0.837. The molecule has 1 heterocycles. The lowest BCUT2D eigenvalue weighted by molar-refractivity contribution is -0.141. The van der Waals surface area contributed by atoms with E-state index in [1.54, 1.807) is 0 Å². The third-order valence-corrected chi connectivity index (χ3v) is 3.10. The zero-order valence-electron chi connectivity index (χ0n) is 9.83. The zero-order chi connectivity index (χ0) is 15.9. The Balaban J connectivity index is 2.75. The van der Waals surface area contributed by atoms with Gasteiger partial charge in [-0.05, 0) is 6.07 Å². The number of hydrogen-bond donors (Lipinski definition) is 2. The minimum Gasteiger partial charge on any atom is -0.506 e. The Bertz CT molecular complexity index is 796. The van der Waals surface area contributed by atoms with Crippen LogP contribution in [0.4, 0.5) is 13.2 Å². The number of H-pyrrole nitrogens is 1. The molecule has 0 aliphatic heterocycles. The van der Waals surface area contributed by atoms with Gasteiger partial charge in [-0.1, -0.05) is 23.2 Å². The van der Waals surface area contributed by atoms with Crippen molar-refractivity contribution in [3.63, 3.8) is 0 Å². The second kappa shape index (κ2) is 5.12. The highest BCUT2D eigenvalue weighted by Crippen LogP contribution is 2.31. The summed E-state index contributed by atoms with van der Waals surface area (Å²) in [4.78, 5) is 24.9. The van der Waals surface area contributed by atoms with Gasteiger partial charge in [-0.3, -0.25) is 4.79 Å². The standard InChI is InChI=1S/C11H5Cl2F3N2O3/c12-4-1-5(13)7(19)2-6(4)18-9(20)3-8(11(14,15)16)17-10(18)21/h1-3,19H,(H,17,21). The predicted octanol–water partition coefficient (Wildman–Crippen LogP) is 2.56. The molecule has 0 aliphatic rings. The lowest BCUT2D eigenvalue weighted by Crippen LogP contribution is -2.35. The Labute approximate surface area is 124 Å². The van der Waals surface area contributed by atoms with E-state index in [2.05, 4.69) is 0 Å². The molecule has 0 spiro atoms. The molecule has 5 nitrogen and oxygen atoms in total. The number of phenolic OH excluding ortho intramolecular Hbond substituents is 1. The molecule has 10 heteroatoms. The third kappa shape index (κ3) is 2.91. The lowest BCUT2D eigenvalue weighted by Gasteiger charge is -2.10. The molecule has 0 saturated heterocycles. The molecule has 2 rings (SSSR count). The van der Waals surface area contributed by atoms with Crippen LogP contribution in [0.15, 0.2) is 27.8 Å². The summed E-state index contributed by atoms with van der Waals surface area (Å²) in [6.07, 6.45) is -4.87. The van der Waals surface area contributed by atoms with E-state index in [-0.39, 0.29) is 21.8 Å². The van der Waals surface area contributed by atoms with Crippen LogP contribution >= 0.6 is 23.2 Å². The minimum absolute atomic E-state index is 0.139. The molecule has 1 aromatic heterocycles. The first-order valence-corrected chi connectivity index (χ1v) is 5.99. The van der Waals surface area contributed by atoms with Crippen molar-refractivity contribution < 1.29 is 18.3 Å². The Kier molecular flexibility index (Phi) is 3.77. The summed E-state index contributed by atoms with van der Waals surface area (Å²) in [5.74, 6) is -0.484. The molecule has 0 fully saturated rings. The number of nitrogens with one attached hydrogen (secondary N) is 1. The first-order chi connectivity index (χ1) is 9.61. The summed E-state index contributed by atoms with van der Waals surface area (Å²) < 4.78 is 37.8. The Hall–Kier alpha value is -1.93. The van der Waals surface area contributed by atoms with Gasteiger partial charge in [-0.2, -0.15) is 13.2 Å². The van der Waals surface area contributed by atoms with Crippen LogP contribution in [-0.2, 0) is 6.18 Å². The number of halogens is 5. The second-order valence-electron chi connectivity index (χ2n) is 3.91. The molecule has 0 saturated carbocycles. The minimum atomic E-state index is -4.87. The van der Waals surface area contributed by atoms with Crippen LogP contribution in [0.2, 0.25) is 10.0 Å². The van der Waals surface area contributed by atoms with E-state index in [0.717, 1.165) is 12.1 Å². The van der Waals surface area contributed by atoms with Gasteiger partial charge in [0.15, 0.2) is 0 Å². The first kappa shape index (κ1) is 15.5. The van der Waals surface area contributed by atoms with Crippen LogP contribution in [0.1, 0.15) is 5.69 Å². The summed E-state index contributed by atoms with van der Waals surface area (Å²) in [7, 11) is 0. The number of phenols is 1. The van der Waals surface area contributed by atoms with Crippen molar-refractivity contribution in [1.29, 1.82) is 0 Å². The number of aromatic amines is 1. The highest BCUT2D eigenvalue weighted by Gasteiger charge is 2.33. The van der Waals surface area contributed by atoms with Crippen LogP contribution in [0.25, 0.3) is 5.69 Å². The fourth-order valence-electron chi connectivity index (χ4n) is 1.57. The Morgan fingerprint density at radius 1 is 1.10 bits per heavy atom. The molecule has 1 aromatic carbocycles. The van der Waals surface area contributed by atoms with Gasteiger partial charge >= 0.3 is 11.9 Å². The zero-order valence-corrected chi connectivity index (χ0v) is 11.3. The van der Waals surface area contributed by atoms with Crippen LogP contribution in [0.3, 0.4) is 0 Å². The van der Waals surface area contributed by atoms with E-state index in [4.69, 9.17) is 23.2 Å². The first-order valence-electron chi connectivity index (χ1n) is 5.23. The van der Waals surface area contributed by atoms with E-state index in [0.29, 0.717) is 4.57 Å². The average molecular weight is 341 g/mol. The molecular formula is C11H5Cl2F3N2O3. The van der Waals surface area contributed by atoms with Gasteiger partial charge in [0.25, 0.3) is 5.56 Å². The van der Waals surface area contributed by atoms with Crippen LogP contribution in [0, 0.1) is 0 Å². The number of benzene rings is 1. The largest absolute Gasteiger partial charge is 0.506 e. The smallest absolute Gasteiger partial charge is 0.431 e. The highest BCUT2D eigenvalue weighted by molar-refractivity contribution is 6.36. The molecule has 0 bridgehead atoms. The summed E-state index contributed by atoms with van der Waals surface area (Å²) in [5.41, 5.74) is -4.38. The number of aromatic hydroxyl groups is 1. The average Bonchev–Trinajstić information content (AvgIpc) is 2.33. The summed E-state index contributed by atoms with van der Waals surface area (Å²) >= 11 is 11.4. The molecule has 0 unspecified atom stereocenters. The normalized spacial score (nSPS) is 11.7. The molecule has 21 heavy (non-hydrogen) atoms. The van der Waals surface area contributed by atoms with E-state index < -0.39 is 28.9 Å². The van der Waals surface area contributed by atoms with E-state index >= 15 is 0 Å². The SMILES string of the molecule is O=c1cc(C(F)(F)F)[nH]c(=O)n1-c1cc(O)c(Cl)cc1Cl. The maximum absolute atomic E-state index is 12.5. The van der Waals surface area contributed by atoms with Crippen LogP contribution < -0.4 is 11.2 Å². The van der Waals surface area contributed by atoms with Gasteiger partial charge in [0.1, 0.15) is 11.4 Å². The second-order valence-corrected chi connectivity index (χ2v) is 4.73. The van der Waals surface area contributed by atoms with Crippen molar-refractivity contribution in [2.45, 2.75) is 6.18 Å². The topological polar surface area (TPSA) is 75.1 Å². The third-order valence-electron chi connectivity index (χ3n) is 2.50. The summed E-state index contributed by atoms with van der Waals surface area (Å²) in [6.45, 7) is 0. The highest BCUT2D eigenvalue weighted by atomic mass is 35.5. The number of hydrogen-bond acceptors (Lipinski definition) is 3. The van der Waals surface area contributed by atoms with Crippen molar-refractivity contribution >= 4 is 23.2 Å². The van der Waals surface area contributed by atoms with E-state index in [1.807, 2.05) is 0 Å². The maximum atomic E-state index is 12.5. The van der Waals surface area contributed by atoms with Crippen molar-refractivity contribution in [1.82, 2.24) is 9.55 Å². The van der Waals surface area contributed by atoms with Crippen molar-refractivity contribution in [2.75, 3.05) is 0 Å². The fourth-order valence-corrected chi connectivity index (χ4v) is 2.04. The van der Waals surface area contributed by atoms with Crippen molar-refractivity contribution in [2.24, 2.45) is 0 Å². The summed E-state index contributed by atoms with van der Waals surface area (Å²) in [5, 5.41) is 9.12. The number of aromatic nitrogens is 2. The molecular weight excluding hydrogens is 336 g/mol. The Morgan fingerprint density at radius 3 is 2.24 bits per heavy atom. The fraction of sp³-hybridized carbons (Fsp3) is 0.0909. The molecule has 2 aromatic rings. The van der Waals surface area contributed by atoms with Gasteiger partial charge in [0.05, 0.1) is 15.7 Å². The van der Waals surface area contributed by atoms with Gasteiger partial charge < -0.3 is 10.1 Å². The number of nitrogens with zero attached hydrogens (tertiary/aromatic N) is 1. The predicted molar refractivity (Wildman–Crippen MR) is 69.3 cm³/mol. The maximum Gasteiger partial charge on any atom is 0.431 e. The summed E-state index contributed by atoms with van der Waals surface area (Å²) in [6, 6.07) is 2.16. The lowest BCUT2D eigenvalue weighted by atomic mass is 10.3. The van der Waals surface area contributed by atoms with Crippen LogP contribution in [0.5, 0.6) is 5.75 Å². The van der Waals surface area contributed by atoms with Crippen molar-refractivity contribution in [3.05, 3.63) is 54.8 Å². The number of rotatable bonds is 1. The molecule has 0 atom stereocenters. The van der Waals surface area contributed by atoms with Gasteiger partial charge in [-0.25, -0.2) is 9.36 Å². The van der Waals surface area contributed by atoms with Gasteiger partial charge in [0, 0.05) is 12.1 Å². The molecule has 112 valence electrons. The van der Waals surface area contributed by atoms with E-state index in [9.17, 15) is 27.9 Å². The Morgan fingerprint density at radius 2 is 1.71 bits per heavy atom. The molecule has 2 N–H and O–H groups in total. The molecule has 0 radical (unpaired) electrons. The molecule has 0 amide bonds. The van der Waals surface area contributed by atoms with Gasteiger partial charge in [0.2, 0.25) is 0 Å². The van der Waals surface area contributed by atoms with E-state index in [1.165, 1.54) is 4.98 Å². The van der Waals surface area contributed by atoms with Crippen LogP contribution in [-0.4, -0.2) is 14.7 Å².